The Hall–Kier alpha value is -3.28. The number of ether oxygens (including phenoxy) is 2. The number of pyridine rings is 1. The second kappa shape index (κ2) is 9.30. The molecule has 0 radical (unpaired) electrons. The third kappa shape index (κ3) is 5.75. The summed E-state index contributed by atoms with van der Waals surface area (Å²) in [5, 5.41) is 2.30. The third-order valence-electron chi connectivity index (χ3n) is 5.75. The van der Waals surface area contributed by atoms with Crippen LogP contribution in [0.3, 0.4) is 0 Å². The van der Waals surface area contributed by atoms with Gasteiger partial charge in [-0.1, -0.05) is 24.3 Å². The molecule has 2 aromatic carbocycles. The number of likely N-dealkylation sites (tertiary alicyclic amines) is 1. The van der Waals surface area contributed by atoms with Crippen LogP contribution in [0.1, 0.15) is 33.6 Å². The molecule has 174 valence electrons. The van der Waals surface area contributed by atoms with Crippen LogP contribution in [-0.4, -0.2) is 54.9 Å². The van der Waals surface area contributed by atoms with Crippen molar-refractivity contribution in [1.82, 2.24) is 9.88 Å². The van der Waals surface area contributed by atoms with Gasteiger partial charge in [-0.15, -0.1) is 0 Å². The molecule has 1 fully saturated rings. The van der Waals surface area contributed by atoms with E-state index in [0.29, 0.717) is 13.1 Å². The second-order valence-corrected chi connectivity index (χ2v) is 9.81. The summed E-state index contributed by atoms with van der Waals surface area (Å²) < 4.78 is 11.7. The van der Waals surface area contributed by atoms with Gasteiger partial charge < -0.3 is 19.3 Å². The Balaban J connectivity index is 1.38. The van der Waals surface area contributed by atoms with E-state index in [-0.39, 0.29) is 12.2 Å². The minimum atomic E-state index is -0.469. The minimum absolute atomic E-state index is 0.104. The van der Waals surface area contributed by atoms with Gasteiger partial charge >= 0.3 is 6.09 Å². The number of nitrogens with zero attached hydrogens (tertiary/aromatic N) is 3. The number of amides is 1. The van der Waals surface area contributed by atoms with Crippen molar-refractivity contribution in [2.45, 2.75) is 45.3 Å². The summed E-state index contributed by atoms with van der Waals surface area (Å²) in [5.74, 6) is 1.80. The SMILES string of the molecule is CN(C)c1cc2cc(-c3ccc(OC4CCN(C(=O)OC(C)(C)C)CC4)cc3)ccc2cn1. The molecule has 0 spiro atoms. The average Bonchev–Trinajstić information content (AvgIpc) is 2.78. The number of carbonyl (C=O) groups excluding carboxylic acids is 1. The molecule has 0 atom stereocenters. The van der Waals surface area contributed by atoms with E-state index in [0.717, 1.165) is 40.9 Å². The van der Waals surface area contributed by atoms with Gasteiger partial charge in [0.25, 0.3) is 0 Å². The summed E-state index contributed by atoms with van der Waals surface area (Å²) in [5.41, 5.74) is 1.84. The molecule has 2 heterocycles. The lowest BCUT2D eigenvalue weighted by molar-refractivity contribution is 0.0126. The molecule has 1 aromatic heterocycles. The van der Waals surface area contributed by atoms with Gasteiger partial charge in [0.2, 0.25) is 0 Å². The smallest absolute Gasteiger partial charge is 0.410 e. The van der Waals surface area contributed by atoms with Crippen molar-refractivity contribution in [3.05, 3.63) is 54.7 Å². The first-order valence-electron chi connectivity index (χ1n) is 11.5. The highest BCUT2D eigenvalue weighted by molar-refractivity contribution is 5.88. The second-order valence-electron chi connectivity index (χ2n) is 9.81. The van der Waals surface area contributed by atoms with E-state index in [4.69, 9.17) is 9.47 Å². The molecule has 0 unspecified atom stereocenters. The summed E-state index contributed by atoms with van der Waals surface area (Å²) >= 11 is 0. The molecular formula is C27H33N3O3. The molecule has 1 saturated heterocycles. The Bertz CT molecular complexity index is 1110. The molecule has 1 amide bonds. The minimum Gasteiger partial charge on any atom is -0.490 e. The van der Waals surface area contributed by atoms with E-state index in [1.807, 2.05) is 58.1 Å². The van der Waals surface area contributed by atoms with Crippen LogP contribution in [0.15, 0.2) is 54.7 Å². The van der Waals surface area contributed by atoms with Gasteiger partial charge in [-0.3, -0.25) is 0 Å². The van der Waals surface area contributed by atoms with Crippen molar-refractivity contribution in [1.29, 1.82) is 0 Å². The largest absolute Gasteiger partial charge is 0.490 e. The van der Waals surface area contributed by atoms with Crippen LogP contribution in [0.25, 0.3) is 21.9 Å². The van der Waals surface area contributed by atoms with Crippen molar-refractivity contribution < 1.29 is 14.3 Å². The fraction of sp³-hybridized carbons (Fsp3) is 0.407. The van der Waals surface area contributed by atoms with Gasteiger partial charge in [0.1, 0.15) is 23.3 Å². The Morgan fingerprint density at radius 2 is 1.64 bits per heavy atom. The zero-order chi connectivity index (χ0) is 23.6. The lowest BCUT2D eigenvalue weighted by atomic mass is 10.0. The maximum absolute atomic E-state index is 12.2. The van der Waals surface area contributed by atoms with Gasteiger partial charge in [0.15, 0.2) is 0 Å². The number of fused-ring (bicyclic) bond motifs is 1. The lowest BCUT2D eigenvalue weighted by Crippen LogP contribution is -2.44. The summed E-state index contributed by atoms with van der Waals surface area (Å²) in [7, 11) is 4.00. The zero-order valence-electron chi connectivity index (χ0n) is 20.2. The maximum atomic E-state index is 12.2. The predicted octanol–water partition coefficient (Wildman–Crippen LogP) is 5.75. The third-order valence-corrected chi connectivity index (χ3v) is 5.75. The molecule has 6 heteroatoms. The number of benzene rings is 2. The zero-order valence-corrected chi connectivity index (χ0v) is 20.2. The van der Waals surface area contributed by atoms with Gasteiger partial charge in [0.05, 0.1) is 0 Å². The monoisotopic (exact) mass is 447 g/mol. The van der Waals surface area contributed by atoms with E-state index < -0.39 is 5.60 Å². The van der Waals surface area contributed by atoms with E-state index in [2.05, 4.69) is 41.4 Å². The number of piperidine rings is 1. The van der Waals surface area contributed by atoms with Gasteiger partial charge in [-0.05, 0) is 61.5 Å². The molecule has 1 aliphatic heterocycles. The first kappa shape index (κ1) is 22.9. The van der Waals surface area contributed by atoms with E-state index in [1.165, 1.54) is 5.39 Å². The van der Waals surface area contributed by atoms with Crippen LogP contribution in [0.4, 0.5) is 10.6 Å². The van der Waals surface area contributed by atoms with Crippen molar-refractivity contribution in [2.24, 2.45) is 0 Å². The molecule has 0 bridgehead atoms. The summed E-state index contributed by atoms with van der Waals surface area (Å²) in [4.78, 5) is 20.5. The van der Waals surface area contributed by atoms with Gasteiger partial charge in [-0.2, -0.15) is 0 Å². The van der Waals surface area contributed by atoms with Gasteiger partial charge in [0, 0.05) is 51.6 Å². The molecule has 33 heavy (non-hydrogen) atoms. The highest BCUT2D eigenvalue weighted by Gasteiger charge is 2.27. The Morgan fingerprint density at radius 1 is 0.970 bits per heavy atom. The molecule has 0 aliphatic carbocycles. The standard InChI is InChI=1S/C27H33N3O3/c1-27(2,3)33-26(31)30-14-12-24(13-15-30)32-23-10-8-19(9-11-23)20-6-7-21-18-28-25(29(4)5)17-22(21)16-20/h6-11,16-18,24H,12-15H2,1-5H3. The van der Waals surface area contributed by atoms with Crippen molar-refractivity contribution in [3.8, 4) is 16.9 Å². The number of aromatic nitrogens is 1. The highest BCUT2D eigenvalue weighted by atomic mass is 16.6. The Kier molecular flexibility index (Phi) is 6.45. The van der Waals surface area contributed by atoms with Crippen molar-refractivity contribution in [2.75, 3.05) is 32.1 Å². The first-order chi connectivity index (χ1) is 15.7. The highest BCUT2D eigenvalue weighted by Crippen LogP contribution is 2.28. The maximum Gasteiger partial charge on any atom is 0.410 e. The number of carbonyl (C=O) groups is 1. The number of anilines is 1. The van der Waals surface area contributed by atoms with Crippen LogP contribution < -0.4 is 9.64 Å². The fourth-order valence-electron chi connectivity index (χ4n) is 3.95. The number of hydrogen-bond acceptors (Lipinski definition) is 5. The summed E-state index contributed by atoms with van der Waals surface area (Å²) in [6.07, 6.45) is 3.38. The molecule has 1 aliphatic rings. The molecule has 0 saturated carbocycles. The number of hydrogen-bond donors (Lipinski definition) is 0. The van der Waals surface area contributed by atoms with Crippen molar-refractivity contribution in [3.63, 3.8) is 0 Å². The predicted molar refractivity (Wildman–Crippen MR) is 133 cm³/mol. The van der Waals surface area contributed by atoms with Crippen LogP contribution in [0.5, 0.6) is 5.75 Å². The Morgan fingerprint density at radius 3 is 2.27 bits per heavy atom. The first-order valence-corrected chi connectivity index (χ1v) is 11.5. The van der Waals surface area contributed by atoms with Crippen LogP contribution in [0.2, 0.25) is 0 Å². The molecule has 6 nitrogen and oxygen atoms in total. The molecule has 4 rings (SSSR count). The normalized spacial score (nSPS) is 14.9. The Labute approximate surface area is 196 Å². The molecule has 0 N–H and O–H groups in total. The average molecular weight is 448 g/mol. The lowest BCUT2D eigenvalue weighted by Gasteiger charge is -2.33. The summed E-state index contributed by atoms with van der Waals surface area (Å²) in [6.45, 7) is 6.97. The quantitative estimate of drug-likeness (QED) is 0.510. The topological polar surface area (TPSA) is 54.9 Å². The summed E-state index contributed by atoms with van der Waals surface area (Å²) in [6, 6.07) is 16.8. The molecular weight excluding hydrogens is 414 g/mol. The van der Waals surface area contributed by atoms with Gasteiger partial charge in [-0.25, -0.2) is 9.78 Å². The van der Waals surface area contributed by atoms with E-state index in [9.17, 15) is 4.79 Å². The van der Waals surface area contributed by atoms with E-state index >= 15 is 0 Å². The number of rotatable bonds is 4. The van der Waals surface area contributed by atoms with Crippen LogP contribution in [0, 0.1) is 0 Å². The fourth-order valence-corrected chi connectivity index (χ4v) is 3.95. The van der Waals surface area contributed by atoms with Crippen LogP contribution >= 0.6 is 0 Å². The molecule has 3 aromatic rings. The van der Waals surface area contributed by atoms with Crippen molar-refractivity contribution >= 4 is 22.7 Å². The van der Waals surface area contributed by atoms with E-state index in [1.54, 1.807) is 4.90 Å². The van der Waals surface area contributed by atoms with Crippen LogP contribution in [-0.2, 0) is 4.74 Å².